The van der Waals surface area contributed by atoms with Gasteiger partial charge in [-0.2, -0.15) is 9.97 Å². The van der Waals surface area contributed by atoms with Gasteiger partial charge in [0.25, 0.3) is 0 Å². The Labute approximate surface area is 121 Å². The molecule has 0 bridgehead atoms. The van der Waals surface area contributed by atoms with Crippen molar-refractivity contribution in [3.05, 3.63) is 11.6 Å². The van der Waals surface area contributed by atoms with E-state index in [0.29, 0.717) is 18.0 Å². The summed E-state index contributed by atoms with van der Waals surface area (Å²) in [5.41, 5.74) is 5.82. The smallest absolute Gasteiger partial charge is 0.223 e. The molecular weight excluding hydrogens is 252 g/mol. The number of nitrogens with zero attached hydrogens (tertiary/aromatic N) is 3. The third-order valence-electron chi connectivity index (χ3n) is 4.25. The van der Waals surface area contributed by atoms with Gasteiger partial charge in [-0.05, 0) is 38.0 Å². The summed E-state index contributed by atoms with van der Waals surface area (Å²) in [5, 5.41) is 0. The fraction of sp³-hybridized carbons (Fsp3) is 0.800. The molecule has 1 aromatic heterocycles. The predicted octanol–water partition coefficient (Wildman–Crippen LogP) is 2.85. The van der Waals surface area contributed by atoms with E-state index in [0.717, 1.165) is 43.8 Å². The molecule has 5 nitrogen and oxygen atoms in total. The van der Waals surface area contributed by atoms with E-state index in [1.54, 1.807) is 0 Å². The van der Waals surface area contributed by atoms with Crippen molar-refractivity contribution in [1.29, 1.82) is 0 Å². The maximum atomic E-state index is 6.10. The summed E-state index contributed by atoms with van der Waals surface area (Å²) < 4.78 is 6.10. The monoisotopic (exact) mass is 278 g/mol. The SMILES string of the molecule is CCOC1(c2nc(N)nc(CC)n2)CCC(C)(C)CC1. The first kappa shape index (κ1) is 15.2. The van der Waals surface area contributed by atoms with Gasteiger partial charge in [0.2, 0.25) is 5.95 Å². The van der Waals surface area contributed by atoms with E-state index in [4.69, 9.17) is 10.5 Å². The largest absolute Gasteiger partial charge is 0.368 e. The lowest BCUT2D eigenvalue weighted by Crippen LogP contribution is -2.39. The molecule has 0 aliphatic heterocycles. The molecule has 0 atom stereocenters. The first-order valence-electron chi connectivity index (χ1n) is 7.56. The summed E-state index contributed by atoms with van der Waals surface area (Å²) in [6.07, 6.45) is 4.87. The molecule has 0 radical (unpaired) electrons. The van der Waals surface area contributed by atoms with E-state index in [-0.39, 0.29) is 5.60 Å². The molecule has 112 valence electrons. The number of hydrogen-bond donors (Lipinski definition) is 1. The van der Waals surface area contributed by atoms with Gasteiger partial charge >= 0.3 is 0 Å². The second-order valence-electron chi connectivity index (χ2n) is 6.38. The van der Waals surface area contributed by atoms with Crippen LogP contribution in [-0.2, 0) is 16.8 Å². The number of aryl methyl sites for hydroxylation is 1. The van der Waals surface area contributed by atoms with Crippen molar-refractivity contribution in [2.24, 2.45) is 5.41 Å². The average molecular weight is 278 g/mol. The molecule has 1 aromatic rings. The third kappa shape index (κ3) is 3.08. The van der Waals surface area contributed by atoms with Gasteiger partial charge in [-0.3, -0.25) is 0 Å². The molecule has 0 amide bonds. The lowest BCUT2D eigenvalue weighted by Gasteiger charge is -2.42. The van der Waals surface area contributed by atoms with Crippen LogP contribution in [0.5, 0.6) is 0 Å². The first-order chi connectivity index (χ1) is 9.41. The van der Waals surface area contributed by atoms with Crippen LogP contribution in [0.15, 0.2) is 0 Å². The van der Waals surface area contributed by atoms with Crippen molar-refractivity contribution in [2.75, 3.05) is 12.3 Å². The zero-order valence-electron chi connectivity index (χ0n) is 13.1. The van der Waals surface area contributed by atoms with Crippen molar-refractivity contribution >= 4 is 5.95 Å². The Morgan fingerprint density at radius 2 is 1.70 bits per heavy atom. The van der Waals surface area contributed by atoms with Crippen molar-refractivity contribution < 1.29 is 4.74 Å². The fourth-order valence-electron chi connectivity index (χ4n) is 2.84. The van der Waals surface area contributed by atoms with Gasteiger partial charge in [-0.1, -0.05) is 20.8 Å². The van der Waals surface area contributed by atoms with Crippen LogP contribution < -0.4 is 5.73 Å². The standard InChI is InChI=1S/C15H26N4O/c1-5-11-17-12(19-13(16)18-11)15(20-6-2)9-7-14(3,4)8-10-15/h5-10H2,1-4H3,(H2,16,17,18,19). The molecule has 1 aliphatic carbocycles. The topological polar surface area (TPSA) is 73.9 Å². The molecule has 20 heavy (non-hydrogen) atoms. The van der Waals surface area contributed by atoms with Gasteiger partial charge in [-0.25, -0.2) is 4.98 Å². The number of ether oxygens (including phenoxy) is 1. The van der Waals surface area contributed by atoms with Gasteiger partial charge in [0.1, 0.15) is 11.4 Å². The molecular formula is C15H26N4O. The second kappa shape index (κ2) is 5.64. The highest BCUT2D eigenvalue weighted by atomic mass is 16.5. The Morgan fingerprint density at radius 3 is 2.25 bits per heavy atom. The van der Waals surface area contributed by atoms with Crippen molar-refractivity contribution in [1.82, 2.24) is 15.0 Å². The molecule has 1 heterocycles. The van der Waals surface area contributed by atoms with E-state index in [1.807, 2.05) is 13.8 Å². The highest BCUT2D eigenvalue weighted by Gasteiger charge is 2.42. The van der Waals surface area contributed by atoms with Gasteiger partial charge in [0.05, 0.1) is 0 Å². The van der Waals surface area contributed by atoms with Crippen LogP contribution in [0.1, 0.15) is 65.0 Å². The van der Waals surface area contributed by atoms with E-state index >= 15 is 0 Å². The third-order valence-corrected chi connectivity index (χ3v) is 4.25. The summed E-state index contributed by atoms with van der Waals surface area (Å²) in [6, 6.07) is 0. The van der Waals surface area contributed by atoms with Gasteiger partial charge < -0.3 is 10.5 Å². The Bertz CT molecular complexity index is 463. The lowest BCUT2D eigenvalue weighted by molar-refractivity contribution is -0.0949. The van der Waals surface area contributed by atoms with Crippen molar-refractivity contribution in [3.63, 3.8) is 0 Å². The van der Waals surface area contributed by atoms with Crippen LogP contribution in [0.4, 0.5) is 5.95 Å². The van der Waals surface area contributed by atoms with Gasteiger partial charge in [0, 0.05) is 13.0 Å². The number of nitrogen functional groups attached to an aromatic ring is 1. The van der Waals surface area contributed by atoms with Crippen LogP contribution >= 0.6 is 0 Å². The average Bonchev–Trinajstić information content (AvgIpc) is 2.41. The normalized spacial score (nSPS) is 20.8. The zero-order chi connectivity index (χ0) is 14.8. The van der Waals surface area contributed by atoms with Crippen molar-refractivity contribution in [3.8, 4) is 0 Å². The summed E-state index contributed by atoms with van der Waals surface area (Å²) in [4.78, 5) is 13.1. The molecule has 1 aliphatic rings. The number of hydrogen-bond acceptors (Lipinski definition) is 5. The van der Waals surface area contributed by atoms with Crippen molar-refractivity contribution in [2.45, 2.75) is 65.4 Å². The minimum Gasteiger partial charge on any atom is -0.368 e. The quantitative estimate of drug-likeness (QED) is 0.916. The lowest BCUT2D eigenvalue weighted by atomic mass is 9.70. The molecule has 0 spiro atoms. The van der Waals surface area contributed by atoms with Crippen LogP contribution in [0, 0.1) is 5.41 Å². The summed E-state index contributed by atoms with van der Waals surface area (Å²) in [6.45, 7) is 9.32. The molecule has 5 heteroatoms. The Hall–Kier alpha value is -1.23. The van der Waals surface area contributed by atoms with E-state index in [2.05, 4.69) is 28.8 Å². The maximum absolute atomic E-state index is 6.10. The van der Waals surface area contributed by atoms with Crippen LogP contribution in [-0.4, -0.2) is 21.6 Å². The molecule has 2 rings (SSSR count). The summed E-state index contributed by atoms with van der Waals surface area (Å²) in [7, 11) is 0. The molecule has 2 N–H and O–H groups in total. The highest BCUT2D eigenvalue weighted by Crippen LogP contribution is 2.46. The van der Waals surface area contributed by atoms with Gasteiger partial charge in [-0.15, -0.1) is 0 Å². The molecule has 0 aromatic carbocycles. The molecule has 0 saturated heterocycles. The predicted molar refractivity (Wildman–Crippen MR) is 79.2 cm³/mol. The summed E-state index contributed by atoms with van der Waals surface area (Å²) in [5.74, 6) is 1.77. The van der Waals surface area contributed by atoms with E-state index in [9.17, 15) is 0 Å². The number of rotatable bonds is 4. The minimum absolute atomic E-state index is 0.302. The van der Waals surface area contributed by atoms with Gasteiger partial charge in [0.15, 0.2) is 5.82 Å². The molecule has 1 saturated carbocycles. The first-order valence-corrected chi connectivity index (χ1v) is 7.56. The van der Waals surface area contributed by atoms with Crippen LogP contribution in [0.2, 0.25) is 0 Å². The maximum Gasteiger partial charge on any atom is 0.223 e. The van der Waals surface area contributed by atoms with Crippen LogP contribution in [0.3, 0.4) is 0 Å². The number of nitrogens with two attached hydrogens (primary N) is 1. The highest BCUT2D eigenvalue weighted by molar-refractivity contribution is 5.19. The minimum atomic E-state index is -0.384. The van der Waals surface area contributed by atoms with E-state index < -0.39 is 0 Å². The Kier molecular flexibility index (Phi) is 4.28. The number of anilines is 1. The summed E-state index contributed by atoms with van der Waals surface area (Å²) >= 11 is 0. The zero-order valence-corrected chi connectivity index (χ0v) is 13.1. The van der Waals surface area contributed by atoms with Crippen LogP contribution in [0.25, 0.3) is 0 Å². The Morgan fingerprint density at radius 1 is 1.05 bits per heavy atom. The second-order valence-corrected chi connectivity index (χ2v) is 6.38. The molecule has 1 fully saturated rings. The fourth-order valence-corrected chi connectivity index (χ4v) is 2.84. The Balaban J connectivity index is 2.36. The number of aromatic nitrogens is 3. The van der Waals surface area contributed by atoms with E-state index in [1.165, 1.54) is 0 Å². The molecule has 0 unspecified atom stereocenters.